The fourth-order valence-electron chi connectivity index (χ4n) is 5.14. The number of fused-ring (bicyclic) bond motifs is 1. The Morgan fingerprint density at radius 2 is 1.38 bits per heavy atom. The molecule has 1 saturated heterocycles. The van der Waals surface area contributed by atoms with Gasteiger partial charge in [0.2, 0.25) is 0 Å². The van der Waals surface area contributed by atoms with E-state index in [4.69, 9.17) is 18.6 Å². The van der Waals surface area contributed by atoms with Crippen molar-refractivity contribution >= 4 is 34.9 Å². The molecule has 3 aliphatic rings. The van der Waals surface area contributed by atoms with Gasteiger partial charge < -0.3 is 17.3 Å². The molecule has 0 N–H and O–H groups in total. The van der Waals surface area contributed by atoms with Crippen molar-refractivity contribution in [2.24, 2.45) is 11.8 Å². The Bertz CT molecular complexity index is 488. The molecule has 0 bridgehead atoms. The SMILES string of the molecule is C[Si](C)(C)[C@H]1CC([Si](C)(C)N2CC[N-]CC2)C2C=CC=CC21.[CH3-].[Cl][Ti][Cl]. The van der Waals surface area contributed by atoms with Crippen LogP contribution >= 0.6 is 18.6 Å². The molecule has 3 unspecified atom stereocenters. The Labute approximate surface area is 180 Å². The number of hydrogen-bond donors (Lipinski definition) is 0. The van der Waals surface area contributed by atoms with Crippen LogP contribution in [0.3, 0.4) is 0 Å². The molecule has 1 heterocycles. The molecule has 0 aromatic rings. The van der Waals surface area contributed by atoms with E-state index in [0.29, 0.717) is 0 Å². The molecule has 0 spiro atoms. The number of rotatable bonds is 3. The number of piperazine rings is 1. The van der Waals surface area contributed by atoms with Crippen LogP contribution in [0.5, 0.6) is 0 Å². The summed E-state index contributed by atoms with van der Waals surface area (Å²) in [5, 5.41) is 4.57. The zero-order valence-corrected chi connectivity index (χ0v) is 22.4. The van der Waals surface area contributed by atoms with E-state index in [-0.39, 0.29) is 7.43 Å². The van der Waals surface area contributed by atoms with Gasteiger partial charge in [-0.05, 0) is 36.0 Å². The molecule has 2 fully saturated rings. The Balaban J connectivity index is 0.000000791. The number of halogens is 2. The average Bonchev–Trinajstić information content (AvgIpc) is 2.97. The van der Waals surface area contributed by atoms with Gasteiger partial charge in [-0.3, -0.25) is 0 Å². The van der Waals surface area contributed by atoms with Crippen LogP contribution < -0.4 is 0 Å². The summed E-state index contributed by atoms with van der Waals surface area (Å²) in [6, 6.07) is 0. The maximum atomic E-state index is 4.89. The average molecular weight is 467 g/mol. The summed E-state index contributed by atoms with van der Waals surface area (Å²) in [6.45, 7) is 17.6. The molecular weight excluding hydrogens is 431 g/mol. The van der Waals surface area contributed by atoms with Crippen molar-refractivity contribution in [2.45, 2.75) is 50.2 Å². The van der Waals surface area contributed by atoms with Crippen LogP contribution in [0.1, 0.15) is 6.42 Å². The van der Waals surface area contributed by atoms with Gasteiger partial charge in [0.1, 0.15) is 8.24 Å². The molecule has 3 rings (SSSR count). The molecule has 1 saturated carbocycles. The van der Waals surface area contributed by atoms with E-state index >= 15 is 0 Å². The zero-order chi connectivity index (χ0) is 18.7. The van der Waals surface area contributed by atoms with Crippen LogP contribution in [0.15, 0.2) is 24.3 Å². The molecule has 0 amide bonds. The second-order valence-electron chi connectivity index (χ2n) is 9.12. The Morgan fingerprint density at radius 1 is 0.923 bits per heavy atom. The molecule has 2 aliphatic carbocycles. The van der Waals surface area contributed by atoms with E-state index in [1.807, 2.05) is 0 Å². The van der Waals surface area contributed by atoms with Crippen molar-refractivity contribution in [3.8, 4) is 0 Å². The molecule has 150 valence electrons. The van der Waals surface area contributed by atoms with E-state index in [0.717, 1.165) is 36.0 Å². The number of allylic oxidation sites excluding steroid dienone is 4. The van der Waals surface area contributed by atoms with Crippen LogP contribution in [0, 0.1) is 19.3 Å². The van der Waals surface area contributed by atoms with Gasteiger partial charge in [-0.1, -0.05) is 63.5 Å². The Morgan fingerprint density at radius 3 is 1.85 bits per heavy atom. The summed E-state index contributed by atoms with van der Waals surface area (Å²) in [5.41, 5.74) is 1.89. The van der Waals surface area contributed by atoms with Gasteiger partial charge in [0.05, 0.1) is 0 Å². The summed E-state index contributed by atoms with van der Waals surface area (Å²) in [4.78, 5) is 0. The molecular formula is C19H36Cl2N2Si2Ti-2. The van der Waals surface area contributed by atoms with Crippen LogP contribution in [-0.4, -0.2) is 47.1 Å². The fourth-order valence-corrected chi connectivity index (χ4v) is 11.8. The second-order valence-corrected chi connectivity index (χ2v) is 21.9. The van der Waals surface area contributed by atoms with E-state index in [9.17, 15) is 0 Å². The monoisotopic (exact) mass is 466 g/mol. The number of hydrogen-bond acceptors (Lipinski definition) is 1. The van der Waals surface area contributed by atoms with Gasteiger partial charge in [0, 0.05) is 8.07 Å². The van der Waals surface area contributed by atoms with Gasteiger partial charge in [0.15, 0.2) is 0 Å². The molecule has 4 atom stereocenters. The summed E-state index contributed by atoms with van der Waals surface area (Å²) in [5.74, 6) is 1.63. The van der Waals surface area contributed by atoms with Crippen LogP contribution in [0.4, 0.5) is 0 Å². The molecule has 1 aliphatic heterocycles. The third-order valence-corrected chi connectivity index (χ3v) is 13.9. The third-order valence-electron chi connectivity index (χ3n) is 6.55. The maximum absolute atomic E-state index is 4.89. The van der Waals surface area contributed by atoms with Crippen molar-refractivity contribution in [1.29, 1.82) is 0 Å². The third kappa shape index (κ3) is 5.82. The van der Waals surface area contributed by atoms with E-state index in [1.54, 1.807) is 0 Å². The minimum absolute atomic E-state index is 0. The van der Waals surface area contributed by atoms with Crippen molar-refractivity contribution in [2.75, 3.05) is 26.2 Å². The van der Waals surface area contributed by atoms with Crippen molar-refractivity contribution in [1.82, 2.24) is 4.57 Å². The van der Waals surface area contributed by atoms with Gasteiger partial charge in [0.25, 0.3) is 0 Å². The normalized spacial score (nSPS) is 31.5. The van der Waals surface area contributed by atoms with E-state index in [1.165, 1.54) is 19.5 Å². The molecule has 0 radical (unpaired) electrons. The Hall–Kier alpha value is 1.13. The first-order valence-electron chi connectivity index (χ1n) is 9.43. The molecule has 2 nitrogen and oxygen atoms in total. The first-order chi connectivity index (χ1) is 11.7. The minimum atomic E-state index is -1.39. The van der Waals surface area contributed by atoms with Crippen LogP contribution in [0.2, 0.25) is 43.8 Å². The topological polar surface area (TPSA) is 17.3 Å². The van der Waals surface area contributed by atoms with E-state index < -0.39 is 33.3 Å². The predicted octanol–water partition coefficient (Wildman–Crippen LogP) is 6.55. The molecule has 0 aromatic heterocycles. The molecule has 0 aromatic carbocycles. The van der Waals surface area contributed by atoms with Gasteiger partial charge in [-0.2, -0.15) is 0 Å². The predicted molar refractivity (Wildman–Crippen MR) is 121 cm³/mol. The number of nitrogens with zero attached hydrogens (tertiary/aromatic N) is 2. The standard InChI is InChI=1S/C18H33N2Si2.CH3.2ClH.Ti/c1-21(2,3)17-14-18(16-9-7-6-8-15(16)17)22(4,5)20-12-10-19-11-13-20;;;;/h6-9,15-18H,10-14H2,1-5H3;1H3;2*1H;/q2*-1;;;+2/p-2/t15?,16?,17-,18?;;;;/m0..../s1. The van der Waals surface area contributed by atoms with Crippen LogP contribution in [0.25, 0.3) is 5.32 Å². The molecule has 26 heavy (non-hydrogen) atoms. The van der Waals surface area contributed by atoms with Crippen LogP contribution in [-0.2, 0) is 17.0 Å². The van der Waals surface area contributed by atoms with Gasteiger partial charge >= 0.3 is 35.6 Å². The second kappa shape index (κ2) is 10.8. The summed E-state index contributed by atoms with van der Waals surface area (Å²) in [6.07, 6.45) is 11.2. The van der Waals surface area contributed by atoms with Gasteiger partial charge in [-0.15, -0.1) is 13.1 Å². The summed E-state index contributed by atoms with van der Waals surface area (Å²) >= 11 is -0.556. The zero-order valence-electron chi connectivity index (χ0n) is 17.3. The summed E-state index contributed by atoms with van der Waals surface area (Å²) < 4.78 is 2.86. The molecule has 7 heteroatoms. The van der Waals surface area contributed by atoms with E-state index in [2.05, 4.69) is 66.9 Å². The van der Waals surface area contributed by atoms with Crippen molar-refractivity contribution in [3.63, 3.8) is 0 Å². The van der Waals surface area contributed by atoms with Crippen molar-refractivity contribution < 1.29 is 17.0 Å². The van der Waals surface area contributed by atoms with Crippen molar-refractivity contribution in [3.05, 3.63) is 37.0 Å². The Kier molecular flexibility index (Phi) is 10.4. The quantitative estimate of drug-likeness (QED) is 0.340. The first-order valence-corrected chi connectivity index (χ1v) is 20.3. The summed E-state index contributed by atoms with van der Waals surface area (Å²) in [7, 11) is 7.29. The van der Waals surface area contributed by atoms with Gasteiger partial charge in [-0.25, -0.2) is 0 Å². The first kappa shape index (κ1) is 25.2. The fraction of sp³-hybridized carbons (Fsp3) is 0.737.